The van der Waals surface area contributed by atoms with Gasteiger partial charge in [0.2, 0.25) is 10.0 Å². The summed E-state index contributed by atoms with van der Waals surface area (Å²) in [7, 11) is -3.51. The fraction of sp³-hybridized carbons (Fsp3) is 0.357. The summed E-state index contributed by atoms with van der Waals surface area (Å²) >= 11 is 0. The molecule has 0 atom stereocenters. The van der Waals surface area contributed by atoms with Crippen LogP contribution in [0.3, 0.4) is 0 Å². The van der Waals surface area contributed by atoms with Crippen LogP contribution >= 0.6 is 0 Å². The molecule has 0 aliphatic carbocycles. The lowest BCUT2D eigenvalue weighted by atomic mass is 10.1. The first-order chi connectivity index (χ1) is 10.1. The maximum absolute atomic E-state index is 12.4. The number of aromatic nitrogens is 2. The fourth-order valence-electron chi connectivity index (χ4n) is 2.39. The predicted octanol–water partition coefficient (Wildman–Crippen LogP) is 0.903. The molecular formula is C14H18N4O2S. The van der Waals surface area contributed by atoms with Gasteiger partial charge in [-0.15, -0.1) is 0 Å². The number of para-hydroxylation sites is 1. The van der Waals surface area contributed by atoms with E-state index in [1.165, 1.54) is 6.20 Å². The topological polar surface area (TPSA) is 76.0 Å². The van der Waals surface area contributed by atoms with Gasteiger partial charge in [-0.3, -0.25) is 0 Å². The molecule has 1 fully saturated rings. The molecular weight excluding hydrogens is 288 g/mol. The van der Waals surface area contributed by atoms with Crippen LogP contribution in [0.15, 0.2) is 47.6 Å². The van der Waals surface area contributed by atoms with Crippen LogP contribution < -0.4 is 10.0 Å². The minimum atomic E-state index is -3.51. The van der Waals surface area contributed by atoms with Crippen LogP contribution in [-0.4, -0.2) is 37.3 Å². The molecule has 0 amide bonds. The van der Waals surface area contributed by atoms with Crippen molar-refractivity contribution < 1.29 is 8.42 Å². The van der Waals surface area contributed by atoms with E-state index < -0.39 is 10.0 Å². The minimum Gasteiger partial charge on any atom is -0.317 e. The van der Waals surface area contributed by atoms with Gasteiger partial charge in [0.25, 0.3) is 0 Å². The highest BCUT2D eigenvalue weighted by molar-refractivity contribution is 7.89. The lowest BCUT2D eigenvalue weighted by Gasteiger charge is -2.23. The quantitative estimate of drug-likeness (QED) is 0.880. The third kappa shape index (κ3) is 3.31. The summed E-state index contributed by atoms with van der Waals surface area (Å²) in [5.41, 5.74) is 0.834. The number of piperidine rings is 1. The second kappa shape index (κ2) is 5.97. The van der Waals surface area contributed by atoms with Crippen molar-refractivity contribution in [1.82, 2.24) is 19.8 Å². The zero-order valence-electron chi connectivity index (χ0n) is 11.6. The van der Waals surface area contributed by atoms with E-state index in [1.807, 2.05) is 30.3 Å². The number of sulfonamides is 1. The number of hydrogen-bond acceptors (Lipinski definition) is 4. The van der Waals surface area contributed by atoms with Crippen LogP contribution in [0.4, 0.5) is 0 Å². The van der Waals surface area contributed by atoms with Crippen LogP contribution in [-0.2, 0) is 10.0 Å². The number of nitrogens with one attached hydrogen (secondary N) is 2. The van der Waals surface area contributed by atoms with Crippen LogP contribution in [0.1, 0.15) is 12.8 Å². The molecule has 0 bridgehead atoms. The number of rotatable bonds is 4. The molecule has 2 aromatic rings. The molecule has 0 spiro atoms. The molecule has 2 N–H and O–H groups in total. The Morgan fingerprint density at radius 1 is 1.19 bits per heavy atom. The van der Waals surface area contributed by atoms with Crippen LogP contribution in [0.25, 0.3) is 5.69 Å². The van der Waals surface area contributed by atoms with E-state index in [0.717, 1.165) is 31.6 Å². The van der Waals surface area contributed by atoms with Gasteiger partial charge in [-0.2, -0.15) is 5.10 Å². The zero-order valence-corrected chi connectivity index (χ0v) is 12.4. The smallest absolute Gasteiger partial charge is 0.243 e. The van der Waals surface area contributed by atoms with E-state index in [-0.39, 0.29) is 10.9 Å². The molecule has 0 radical (unpaired) electrons. The van der Waals surface area contributed by atoms with Gasteiger partial charge >= 0.3 is 0 Å². The fourth-order valence-corrected chi connectivity index (χ4v) is 3.63. The summed E-state index contributed by atoms with van der Waals surface area (Å²) in [6, 6.07) is 9.43. The molecule has 0 unspecified atom stereocenters. The molecule has 112 valence electrons. The summed E-state index contributed by atoms with van der Waals surface area (Å²) in [6.45, 7) is 1.69. The maximum Gasteiger partial charge on any atom is 0.243 e. The zero-order chi connectivity index (χ0) is 14.7. The first-order valence-corrected chi connectivity index (χ1v) is 8.47. The third-order valence-electron chi connectivity index (χ3n) is 3.55. The van der Waals surface area contributed by atoms with Gasteiger partial charge in [0.05, 0.1) is 18.1 Å². The lowest BCUT2D eigenvalue weighted by molar-refractivity contribution is 0.427. The average Bonchev–Trinajstić information content (AvgIpc) is 2.99. The van der Waals surface area contributed by atoms with E-state index in [0.29, 0.717) is 0 Å². The predicted molar refractivity (Wildman–Crippen MR) is 79.8 cm³/mol. The van der Waals surface area contributed by atoms with Crippen molar-refractivity contribution >= 4 is 10.0 Å². The molecule has 1 aromatic carbocycles. The summed E-state index contributed by atoms with van der Waals surface area (Å²) in [4.78, 5) is 0.199. The van der Waals surface area contributed by atoms with Crippen molar-refractivity contribution in [1.29, 1.82) is 0 Å². The monoisotopic (exact) mass is 306 g/mol. The largest absolute Gasteiger partial charge is 0.317 e. The lowest BCUT2D eigenvalue weighted by Crippen LogP contribution is -2.42. The number of nitrogens with zero attached hydrogens (tertiary/aromatic N) is 2. The molecule has 1 saturated heterocycles. The van der Waals surface area contributed by atoms with Crippen molar-refractivity contribution in [2.24, 2.45) is 0 Å². The second-order valence-electron chi connectivity index (χ2n) is 5.10. The van der Waals surface area contributed by atoms with Gasteiger partial charge in [0.1, 0.15) is 4.90 Å². The summed E-state index contributed by atoms with van der Waals surface area (Å²) < 4.78 is 29.0. The maximum atomic E-state index is 12.4. The normalized spacial score (nSPS) is 17.0. The first-order valence-electron chi connectivity index (χ1n) is 6.98. The highest BCUT2D eigenvalue weighted by Gasteiger charge is 2.23. The number of hydrogen-bond donors (Lipinski definition) is 2. The van der Waals surface area contributed by atoms with E-state index in [1.54, 1.807) is 10.9 Å². The summed E-state index contributed by atoms with van der Waals surface area (Å²) in [5.74, 6) is 0. The van der Waals surface area contributed by atoms with Gasteiger partial charge < -0.3 is 5.32 Å². The van der Waals surface area contributed by atoms with Crippen molar-refractivity contribution in [3.63, 3.8) is 0 Å². The molecule has 1 aromatic heterocycles. The van der Waals surface area contributed by atoms with E-state index in [2.05, 4.69) is 15.1 Å². The molecule has 3 rings (SSSR count). The third-order valence-corrected chi connectivity index (χ3v) is 5.03. The molecule has 6 nitrogen and oxygen atoms in total. The van der Waals surface area contributed by atoms with Crippen molar-refractivity contribution in [3.05, 3.63) is 42.7 Å². The Bertz CT molecular complexity index is 691. The summed E-state index contributed by atoms with van der Waals surface area (Å²) in [6.07, 6.45) is 4.55. The Morgan fingerprint density at radius 2 is 1.90 bits per heavy atom. The Kier molecular flexibility index (Phi) is 4.05. The second-order valence-corrected chi connectivity index (χ2v) is 6.82. The SMILES string of the molecule is O=S(=O)(NC1CCNCC1)c1cnn(-c2ccccc2)c1. The van der Waals surface area contributed by atoms with Gasteiger partial charge in [-0.1, -0.05) is 18.2 Å². The van der Waals surface area contributed by atoms with Crippen molar-refractivity contribution in [2.45, 2.75) is 23.8 Å². The van der Waals surface area contributed by atoms with Gasteiger partial charge in [-0.05, 0) is 38.1 Å². The van der Waals surface area contributed by atoms with Gasteiger partial charge in [0.15, 0.2) is 0 Å². The van der Waals surface area contributed by atoms with Crippen molar-refractivity contribution in [3.8, 4) is 5.69 Å². The molecule has 1 aliphatic heterocycles. The van der Waals surface area contributed by atoms with Crippen molar-refractivity contribution in [2.75, 3.05) is 13.1 Å². The molecule has 21 heavy (non-hydrogen) atoms. The molecule has 0 saturated carbocycles. The van der Waals surface area contributed by atoms with Crippen LogP contribution in [0, 0.1) is 0 Å². The van der Waals surface area contributed by atoms with E-state index in [9.17, 15) is 8.42 Å². The van der Waals surface area contributed by atoms with Crippen LogP contribution in [0.2, 0.25) is 0 Å². The number of benzene rings is 1. The highest BCUT2D eigenvalue weighted by Crippen LogP contribution is 2.14. The van der Waals surface area contributed by atoms with Crippen LogP contribution in [0.5, 0.6) is 0 Å². The van der Waals surface area contributed by atoms with Gasteiger partial charge in [0, 0.05) is 6.04 Å². The Hall–Kier alpha value is -1.70. The highest BCUT2D eigenvalue weighted by atomic mass is 32.2. The molecule has 2 heterocycles. The Balaban J connectivity index is 1.78. The average molecular weight is 306 g/mol. The Morgan fingerprint density at radius 3 is 2.62 bits per heavy atom. The summed E-state index contributed by atoms with van der Waals surface area (Å²) in [5, 5.41) is 7.35. The standard InChI is InChI=1S/C14H18N4O2S/c19-21(20,17-12-6-8-15-9-7-12)14-10-16-18(11-14)13-4-2-1-3-5-13/h1-5,10-12,15,17H,6-9H2. The van der Waals surface area contributed by atoms with E-state index in [4.69, 9.17) is 0 Å². The molecule has 1 aliphatic rings. The van der Waals surface area contributed by atoms with E-state index >= 15 is 0 Å². The Labute approximate surface area is 124 Å². The first kappa shape index (κ1) is 14.2. The molecule has 7 heteroatoms. The minimum absolute atomic E-state index is 0.00340. The van der Waals surface area contributed by atoms with Gasteiger partial charge in [-0.25, -0.2) is 17.8 Å².